The molecule has 0 amide bonds. The summed E-state index contributed by atoms with van der Waals surface area (Å²) in [4.78, 5) is 10.6. The number of benzene rings is 2. The summed E-state index contributed by atoms with van der Waals surface area (Å²) in [5, 5.41) is 11.6. The molecule has 1 heterocycles. The molecule has 0 atom stereocenters. The largest absolute Gasteiger partial charge is 0.496 e. The van der Waals surface area contributed by atoms with E-state index in [1.165, 1.54) is 19.2 Å². The molecule has 2 aromatic rings. The van der Waals surface area contributed by atoms with Crippen molar-refractivity contribution in [3.05, 3.63) is 51.0 Å². The van der Waals surface area contributed by atoms with Crippen molar-refractivity contribution in [2.45, 2.75) is 6.61 Å². The zero-order chi connectivity index (χ0) is 17.1. The number of rotatable bonds is 5. The van der Waals surface area contributed by atoms with E-state index in [0.717, 1.165) is 5.56 Å². The van der Waals surface area contributed by atoms with E-state index in [4.69, 9.17) is 30.5 Å². The lowest BCUT2D eigenvalue weighted by molar-refractivity contribution is -0.386. The van der Waals surface area contributed by atoms with Crippen molar-refractivity contribution in [1.29, 1.82) is 0 Å². The van der Waals surface area contributed by atoms with Gasteiger partial charge in [-0.3, -0.25) is 10.1 Å². The van der Waals surface area contributed by atoms with Crippen LogP contribution < -0.4 is 18.9 Å². The molecule has 1 aliphatic rings. The highest BCUT2D eigenvalue weighted by Gasteiger charge is 2.19. The number of nitrogens with zero attached hydrogens (tertiary/aromatic N) is 1. The normalized spacial score (nSPS) is 12.6. The fourth-order valence-corrected chi connectivity index (χ4v) is 2.59. The second-order valence-electron chi connectivity index (χ2n) is 4.98. The van der Waals surface area contributed by atoms with Gasteiger partial charge >= 0.3 is 5.69 Å². The van der Waals surface area contributed by atoms with Gasteiger partial charge in [-0.15, -0.1) is 0 Å². The van der Waals surface area contributed by atoms with Crippen LogP contribution in [0, 0.1) is 10.1 Å². The second kappa shape index (κ2) is 6.84. The van der Waals surface area contributed by atoms with Crippen LogP contribution in [0.4, 0.5) is 5.69 Å². The van der Waals surface area contributed by atoms with Gasteiger partial charge < -0.3 is 18.9 Å². The molecule has 0 aliphatic carbocycles. The topological polar surface area (TPSA) is 80.1 Å². The highest BCUT2D eigenvalue weighted by molar-refractivity contribution is 6.32. The van der Waals surface area contributed by atoms with Crippen LogP contribution in [-0.4, -0.2) is 25.2 Å². The number of ether oxygens (including phenoxy) is 4. The molecule has 0 N–H and O–H groups in total. The van der Waals surface area contributed by atoms with E-state index < -0.39 is 4.92 Å². The number of methoxy groups -OCH3 is 1. The molecule has 126 valence electrons. The van der Waals surface area contributed by atoms with Crippen LogP contribution in [0.3, 0.4) is 0 Å². The number of hydrogen-bond acceptors (Lipinski definition) is 6. The van der Waals surface area contributed by atoms with Crippen LogP contribution in [0.25, 0.3) is 0 Å². The fourth-order valence-electron chi connectivity index (χ4n) is 2.30. The molecular weight excluding hydrogens is 338 g/mol. The summed E-state index contributed by atoms with van der Waals surface area (Å²) in [6.07, 6.45) is 0. The predicted molar refractivity (Wildman–Crippen MR) is 86.4 cm³/mol. The molecule has 0 spiro atoms. The summed E-state index contributed by atoms with van der Waals surface area (Å²) in [5.74, 6) is 1.57. The van der Waals surface area contributed by atoms with E-state index in [2.05, 4.69) is 0 Å². The molecule has 24 heavy (non-hydrogen) atoms. The molecule has 3 rings (SSSR count). The van der Waals surface area contributed by atoms with Gasteiger partial charge in [0.2, 0.25) is 0 Å². The first-order valence-corrected chi connectivity index (χ1v) is 7.49. The Morgan fingerprint density at radius 3 is 2.79 bits per heavy atom. The first kappa shape index (κ1) is 16.2. The van der Waals surface area contributed by atoms with E-state index in [-0.39, 0.29) is 18.0 Å². The molecule has 0 saturated heterocycles. The Morgan fingerprint density at radius 1 is 1.25 bits per heavy atom. The minimum absolute atomic E-state index is 0.101. The Bertz CT molecular complexity index is 779. The van der Waals surface area contributed by atoms with Crippen LogP contribution in [-0.2, 0) is 6.61 Å². The van der Waals surface area contributed by atoms with Gasteiger partial charge in [0.25, 0.3) is 0 Å². The maximum absolute atomic E-state index is 11.2. The SMILES string of the molecule is COc1ccc(OCc2cc(Cl)c3c(c2)OCCO3)c([N+](=O)[O-])c1. The fraction of sp³-hybridized carbons (Fsp3) is 0.250. The van der Waals surface area contributed by atoms with Crippen molar-refractivity contribution < 1.29 is 23.9 Å². The summed E-state index contributed by atoms with van der Waals surface area (Å²) in [5.41, 5.74) is 0.548. The summed E-state index contributed by atoms with van der Waals surface area (Å²) in [6.45, 7) is 0.988. The van der Waals surface area contributed by atoms with Gasteiger partial charge in [0.1, 0.15) is 25.6 Å². The molecule has 0 fully saturated rings. The Balaban J connectivity index is 1.81. The summed E-state index contributed by atoms with van der Waals surface area (Å²) >= 11 is 6.17. The lowest BCUT2D eigenvalue weighted by Gasteiger charge is -2.20. The molecule has 7 nitrogen and oxygen atoms in total. The number of nitro groups is 1. The van der Waals surface area contributed by atoms with E-state index >= 15 is 0 Å². The molecule has 0 unspecified atom stereocenters. The Morgan fingerprint density at radius 2 is 2.04 bits per heavy atom. The van der Waals surface area contributed by atoms with Crippen molar-refractivity contribution in [1.82, 2.24) is 0 Å². The van der Waals surface area contributed by atoms with Crippen LogP contribution in [0.2, 0.25) is 5.02 Å². The average molecular weight is 352 g/mol. The minimum Gasteiger partial charge on any atom is -0.496 e. The molecule has 0 aromatic heterocycles. The first-order chi connectivity index (χ1) is 11.6. The number of halogens is 1. The van der Waals surface area contributed by atoms with Crippen molar-refractivity contribution in [3.8, 4) is 23.0 Å². The molecular formula is C16H14ClNO6. The highest BCUT2D eigenvalue weighted by Crippen LogP contribution is 2.39. The Kier molecular flexibility index (Phi) is 4.61. The third-order valence-electron chi connectivity index (χ3n) is 3.41. The maximum Gasteiger partial charge on any atom is 0.314 e. The molecule has 8 heteroatoms. The Labute approximate surface area is 142 Å². The monoisotopic (exact) mass is 351 g/mol. The van der Waals surface area contributed by atoms with Crippen LogP contribution in [0.15, 0.2) is 30.3 Å². The van der Waals surface area contributed by atoms with Crippen LogP contribution in [0.5, 0.6) is 23.0 Å². The molecule has 1 aliphatic heterocycles. The van der Waals surface area contributed by atoms with Crippen LogP contribution in [0.1, 0.15) is 5.56 Å². The summed E-state index contributed by atoms with van der Waals surface area (Å²) < 4.78 is 21.5. The molecule has 0 saturated carbocycles. The quantitative estimate of drug-likeness (QED) is 0.604. The van der Waals surface area contributed by atoms with Crippen LogP contribution >= 0.6 is 11.6 Å². The second-order valence-corrected chi connectivity index (χ2v) is 5.39. The maximum atomic E-state index is 11.2. The minimum atomic E-state index is -0.519. The van der Waals surface area contributed by atoms with E-state index in [1.54, 1.807) is 18.2 Å². The predicted octanol–water partition coefficient (Wildman–Crippen LogP) is 3.61. The van der Waals surface area contributed by atoms with Gasteiger partial charge in [0.05, 0.1) is 23.1 Å². The van der Waals surface area contributed by atoms with Gasteiger partial charge in [0, 0.05) is 0 Å². The van der Waals surface area contributed by atoms with Crippen molar-refractivity contribution in [3.63, 3.8) is 0 Å². The van der Waals surface area contributed by atoms with Gasteiger partial charge in [-0.25, -0.2) is 0 Å². The van der Waals surface area contributed by atoms with Gasteiger partial charge in [0.15, 0.2) is 17.2 Å². The third-order valence-corrected chi connectivity index (χ3v) is 3.69. The van der Waals surface area contributed by atoms with E-state index in [9.17, 15) is 10.1 Å². The smallest absolute Gasteiger partial charge is 0.314 e. The average Bonchev–Trinajstić information content (AvgIpc) is 2.59. The lowest BCUT2D eigenvalue weighted by atomic mass is 10.2. The van der Waals surface area contributed by atoms with E-state index in [1.807, 2.05) is 0 Å². The third kappa shape index (κ3) is 3.30. The van der Waals surface area contributed by atoms with Gasteiger partial charge in [-0.2, -0.15) is 0 Å². The summed E-state index contributed by atoms with van der Waals surface area (Å²) in [6, 6.07) is 7.84. The van der Waals surface area contributed by atoms with Crippen molar-refractivity contribution in [2.24, 2.45) is 0 Å². The molecule has 0 bridgehead atoms. The van der Waals surface area contributed by atoms with Gasteiger partial charge in [-0.1, -0.05) is 11.6 Å². The summed E-state index contributed by atoms with van der Waals surface area (Å²) in [7, 11) is 1.44. The number of fused-ring (bicyclic) bond motifs is 1. The number of hydrogen-bond donors (Lipinski definition) is 0. The van der Waals surface area contributed by atoms with Crippen molar-refractivity contribution in [2.75, 3.05) is 20.3 Å². The molecule has 0 radical (unpaired) electrons. The van der Waals surface area contributed by atoms with E-state index in [0.29, 0.717) is 35.5 Å². The first-order valence-electron chi connectivity index (χ1n) is 7.11. The Hall–Kier alpha value is -2.67. The van der Waals surface area contributed by atoms with Crippen molar-refractivity contribution >= 4 is 17.3 Å². The highest BCUT2D eigenvalue weighted by atomic mass is 35.5. The molecule has 2 aromatic carbocycles. The lowest BCUT2D eigenvalue weighted by Crippen LogP contribution is -2.16. The standard InChI is InChI=1S/C16H14ClNO6/c1-21-11-2-3-14(13(8-11)18(19)20)24-9-10-6-12(17)16-15(7-10)22-4-5-23-16/h2-3,6-8H,4-5,9H2,1H3. The van der Waals surface area contributed by atoms with Gasteiger partial charge in [-0.05, 0) is 29.8 Å². The zero-order valence-corrected chi connectivity index (χ0v) is 13.5. The zero-order valence-electron chi connectivity index (χ0n) is 12.8. The number of nitro benzene ring substituents is 1.